The summed E-state index contributed by atoms with van der Waals surface area (Å²) in [6, 6.07) is -0.218. The molecule has 0 aliphatic heterocycles. The molecule has 4 heteroatoms. The third-order valence-electron chi connectivity index (χ3n) is 2.33. The number of amides is 1. The van der Waals surface area contributed by atoms with Crippen molar-refractivity contribution in [2.24, 2.45) is 5.92 Å². The Labute approximate surface area is 98.4 Å². The Balaban J connectivity index is 4.07. The van der Waals surface area contributed by atoms with E-state index < -0.39 is 11.7 Å². The molecule has 0 rings (SSSR count). The lowest BCUT2D eigenvalue weighted by Gasteiger charge is -2.24. The summed E-state index contributed by atoms with van der Waals surface area (Å²) in [7, 11) is 0. The monoisotopic (exact) mass is 231 g/mol. The molecule has 0 aromatic rings. The Morgan fingerprint density at radius 1 is 1.44 bits per heavy atom. The Morgan fingerprint density at radius 2 is 2.00 bits per heavy atom. The van der Waals surface area contributed by atoms with Crippen LogP contribution in [0.3, 0.4) is 0 Å². The number of alkyl carbamates (subject to hydrolysis) is 1. The lowest BCUT2D eigenvalue weighted by molar-refractivity contribution is 0.0473. The van der Waals surface area contributed by atoms with Crippen LogP contribution in [-0.2, 0) is 4.74 Å². The zero-order valence-corrected chi connectivity index (χ0v) is 11.0. The van der Waals surface area contributed by atoms with Crippen LogP contribution in [0.1, 0.15) is 47.5 Å². The maximum atomic E-state index is 11.5. The summed E-state index contributed by atoms with van der Waals surface area (Å²) in [5.74, 6) is 0.479. The first-order valence-electron chi connectivity index (χ1n) is 5.88. The first kappa shape index (κ1) is 15.2. The van der Waals surface area contributed by atoms with Crippen LogP contribution in [0.25, 0.3) is 0 Å². The molecule has 0 aromatic carbocycles. The van der Waals surface area contributed by atoms with Gasteiger partial charge >= 0.3 is 6.09 Å². The van der Waals surface area contributed by atoms with Crippen LogP contribution < -0.4 is 5.32 Å². The lowest BCUT2D eigenvalue weighted by atomic mass is 10.00. The molecule has 1 amide bonds. The maximum absolute atomic E-state index is 11.5. The van der Waals surface area contributed by atoms with E-state index >= 15 is 0 Å². The van der Waals surface area contributed by atoms with Crippen molar-refractivity contribution in [3.8, 4) is 0 Å². The average Bonchev–Trinajstić information content (AvgIpc) is 2.13. The van der Waals surface area contributed by atoms with E-state index in [-0.39, 0.29) is 12.6 Å². The molecule has 16 heavy (non-hydrogen) atoms. The molecule has 2 N–H and O–H groups in total. The van der Waals surface area contributed by atoms with Crippen LogP contribution in [0.2, 0.25) is 0 Å². The second-order valence-corrected chi connectivity index (χ2v) is 5.27. The Kier molecular flexibility index (Phi) is 6.41. The Hall–Kier alpha value is -0.770. The van der Waals surface area contributed by atoms with Gasteiger partial charge in [0.05, 0.1) is 12.6 Å². The number of hydrogen-bond donors (Lipinski definition) is 2. The van der Waals surface area contributed by atoms with Crippen molar-refractivity contribution in [2.75, 3.05) is 6.61 Å². The molecule has 0 bridgehead atoms. The summed E-state index contributed by atoms with van der Waals surface area (Å²) in [5.41, 5.74) is -0.500. The first-order valence-corrected chi connectivity index (χ1v) is 5.88. The van der Waals surface area contributed by atoms with Gasteiger partial charge in [0, 0.05) is 0 Å². The number of nitrogens with one attached hydrogen (secondary N) is 1. The van der Waals surface area contributed by atoms with E-state index in [1.807, 2.05) is 20.8 Å². The van der Waals surface area contributed by atoms with E-state index in [0.717, 1.165) is 12.8 Å². The van der Waals surface area contributed by atoms with Crippen LogP contribution in [0, 0.1) is 5.92 Å². The van der Waals surface area contributed by atoms with Gasteiger partial charge in [-0.3, -0.25) is 0 Å². The predicted octanol–water partition coefficient (Wildman–Crippen LogP) is 2.31. The van der Waals surface area contributed by atoms with E-state index in [4.69, 9.17) is 9.84 Å². The topological polar surface area (TPSA) is 58.6 Å². The SMILES string of the molecule is CC[C@@H](C)C[C@@H](CO)NC(=O)OC(C)(C)C. The largest absolute Gasteiger partial charge is 0.444 e. The van der Waals surface area contributed by atoms with Crippen molar-refractivity contribution in [3.63, 3.8) is 0 Å². The van der Waals surface area contributed by atoms with Gasteiger partial charge in [0.1, 0.15) is 5.60 Å². The van der Waals surface area contributed by atoms with Gasteiger partial charge in [-0.2, -0.15) is 0 Å². The zero-order chi connectivity index (χ0) is 12.8. The normalized spacial score (nSPS) is 15.4. The highest BCUT2D eigenvalue weighted by atomic mass is 16.6. The molecular weight excluding hydrogens is 206 g/mol. The number of rotatable bonds is 5. The van der Waals surface area contributed by atoms with Crippen molar-refractivity contribution in [3.05, 3.63) is 0 Å². The van der Waals surface area contributed by atoms with E-state index in [1.165, 1.54) is 0 Å². The molecular formula is C12H25NO3. The number of carbonyl (C=O) groups is 1. The summed E-state index contributed by atoms with van der Waals surface area (Å²) in [6.45, 7) is 9.58. The highest BCUT2D eigenvalue weighted by Crippen LogP contribution is 2.11. The number of aliphatic hydroxyl groups excluding tert-OH is 1. The average molecular weight is 231 g/mol. The van der Waals surface area contributed by atoms with Crippen molar-refractivity contribution < 1.29 is 14.6 Å². The standard InChI is InChI=1S/C12H25NO3/c1-6-9(2)7-10(8-14)13-11(15)16-12(3,4)5/h9-10,14H,6-8H2,1-5H3,(H,13,15)/t9-,10+/m1/s1. The van der Waals surface area contributed by atoms with E-state index in [2.05, 4.69) is 19.2 Å². The molecule has 0 heterocycles. The third-order valence-corrected chi connectivity index (χ3v) is 2.33. The fourth-order valence-corrected chi connectivity index (χ4v) is 1.31. The third kappa shape index (κ3) is 7.51. The molecule has 4 nitrogen and oxygen atoms in total. The van der Waals surface area contributed by atoms with Crippen molar-refractivity contribution >= 4 is 6.09 Å². The van der Waals surface area contributed by atoms with Gasteiger partial charge in [0.25, 0.3) is 0 Å². The molecule has 0 aromatic heterocycles. The van der Waals surface area contributed by atoms with Crippen LogP contribution in [0.5, 0.6) is 0 Å². The lowest BCUT2D eigenvalue weighted by Crippen LogP contribution is -2.41. The van der Waals surface area contributed by atoms with E-state index in [1.54, 1.807) is 0 Å². The van der Waals surface area contributed by atoms with Gasteiger partial charge in [-0.15, -0.1) is 0 Å². The molecule has 0 unspecified atom stereocenters. The summed E-state index contributed by atoms with van der Waals surface area (Å²) in [6.07, 6.45) is 1.34. The molecule has 2 atom stereocenters. The molecule has 0 aliphatic carbocycles. The maximum Gasteiger partial charge on any atom is 0.407 e. The van der Waals surface area contributed by atoms with Gasteiger partial charge in [-0.05, 0) is 33.1 Å². The molecule has 96 valence electrons. The van der Waals surface area contributed by atoms with Gasteiger partial charge in [-0.1, -0.05) is 20.3 Å². The van der Waals surface area contributed by atoms with E-state index in [0.29, 0.717) is 5.92 Å². The second kappa shape index (κ2) is 6.74. The van der Waals surface area contributed by atoms with Crippen molar-refractivity contribution in [2.45, 2.75) is 59.1 Å². The van der Waals surface area contributed by atoms with Crippen LogP contribution in [-0.4, -0.2) is 29.4 Å². The first-order chi connectivity index (χ1) is 7.28. The molecule has 0 fully saturated rings. The van der Waals surface area contributed by atoms with Gasteiger partial charge in [0.15, 0.2) is 0 Å². The summed E-state index contributed by atoms with van der Waals surface area (Å²) < 4.78 is 5.12. The quantitative estimate of drug-likeness (QED) is 0.763. The predicted molar refractivity (Wildman–Crippen MR) is 64.3 cm³/mol. The number of ether oxygens (including phenoxy) is 1. The molecule has 0 radical (unpaired) electrons. The van der Waals surface area contributed by atoms with Gasteiger partial charge in [0.2, 0.25) is 0 Å². The van der Waals surface area contributed by atoms with Gasteiger partial charge < -0.3 is 15.2 Å². The molecule has 0 saturated heterocycles. The minimum Gasteiger partial charge on any atom is -0.444 e. The number of aliphatic hydroxyl groups is 1. The summed E-state index contributed by atoms with van der Waals surface area (Å²) >= 11 is 0. The zero-order valence-electron chi connectivity index (χ0n) is 11.0. The summed E-state index contributed by atoms with van der Waals surface area (Å²) in [5, 5.41) is 11.8. The van der Waals surface area contributed by atoms with Crippen LogP contribution in [0.15, 0.2) is 0 Å². The highest BCUT2D eigenvalue weighted by molar-refractivity contribution is 5.68. The molecule has 0 saturated carbocycles. The second-order valence-electron chi connectivity index (χ2n) is 5.27. The minimum atomic E-state index is -0.500. The fourth-order valence-electron chi connectivity index (χ4n) is 1.31. The van der Waals surface area contributed by atoms with Gasteiger partial charge in [-0.25, -0.2) is 4.79 Å². The van der Waals surface area contributed by atoms with Crippen LogP contribution >= 0.6 is 0 Å². The Bertz CT molecular complexity index is 211. The number of carbonyl (C=O) groups excluding carboxylic acids is 1. The smallest absolute Gasteiger partial charge is 0.407 e. The van der Waals surface area contributed by atoms with Crippen molar-refractivity contribution in [1.29, 1.82) is 0 Å². The molecule has 0 aliphatic rings. The fraction of sp³-hybridized carbons (Fsp3) is 0.917. The highest BCUT2D eigenvalue weighted by Gasteiger charge is 2.19. The minimum absolute atomic E-state index is 0.0520. The number of hydrogen-bond acceptors (Lipinski definition) is 3. The van der Waals surface area contributed by atoms with E-state index in [9.17, 15) is 4.79 Å². The molecule has 0 spiro atoms. The summed E-state index contributed by atoms with van der Waals surface area (Å²) in [4.78, 5) is 11.5. The van der Waals surface area contributed by atoms with Crippen LogP contribution in [0.4, 0.5) is 4.79 Å². The van der Waals surface area contributed by atoms with Crippen molar-refractivity contribution in [1.82, 2.24) is 5.32 Å². The Morgan fingerprint density at radius 3 is 2.38 bits per heavy atom.